The number of carbonyl (C=O) groups excluding carboxylic acids is 2. The highest BCUT2D eigenvalue weighted by Gasteiger charge is 2.29. The normalized spacial score (nSPS) is 13.3. The zero-order valence-electron chi connectivity index (χ0n) is 19.2. The van der Waals surface area contributed by atoms with Gasteiger partial charge in [0, 0.05) is 12.3 Å². The van der Waals surface area contributed by atoms with Crippen molar-refractivity contribution >= 4 is 11.9 Å². The van der Waals surface area contributed by atoms with Gasteiger partial charge in [0.25, 0.3) is 5.91 Å². The quantitative estimate of drug-likeness (QED) is 0.441. The number of methoxy groups -OCH3 is 1. The van der Waals surface area contributed by atoms with E-state index in [0.29, 0.717) is 11.3 Å². The molecule has 0 aliphatic carbocycles. The number of halogens is 2. The summed E-state index contributed by atoms with van der Waals surface area (Å²) in [5.74, 6) is -2.61. The van der Waals surface area contributed by atoms with Crippen molar-refractivity contribution in [2.75, 3.05) is 7.11 Å². The maximum atomic E-state index is 13.4. The van der Waals surface area contributed by atoms with Crippen molar-refractivity contribution in [2.24, 2.45) is 0 Å². The van der Waals surface area contributed by atoms with Crippen molar-refractivity contribution in [1.29, 1.82) is 0 Å². The van der Waals surface area contributed by atoms with E-state index < -0.39 is 47.5 Å². The number of hydrogen-bond donors (Lipinski definition) is 2. The van der Waals surface area contributed by atoms with Gasteiger partial charge in [-0.25, -0.2) is 18.6 Å². The van der Waals surface area contributed by atoms with Gasteiger partial charge in [0.2, 0.25) is 0 Å². The Morgan fingerprint density at radius 3 is 2.17 bits per heavy atom. The second kappa shape index (κ2) is 11.3. The van der Waals surface area contributed by atoms with Gasteiger partial charge < -0.3 is 24.6 Å². The summed E-state index contributed by atoms with van der Waals surface area (Å²) in [6.07, 6.45) is -0.476. The average molecular weight is 486 g/mol. The smallest absolute Gasteiger partial charge is 0.328 e. The van der Waals surface area contributed by atoms with Crippen molar-refractivity contribution in [1.82, 2.24) is 10.3 Å². The highest BCUT2D eigenvalue weighted by atomic mass is 19.1. The van der Waals surface area contributed by atoms with Crippen molar-refractivity contribution < 1.29 is 37.7 Å². The lowest BCUT2D eigenvalue weighted by molar-refractivity contribution is -0.154. The van der Waals surface area contributed by atoms with Gasteiger partial charge in [-0.15, -0.1) is 0 Å². The predicted octanol–water partition coefficient (Wildman–Crippen LogP) is 3.94. The summed E-state index contributed by atoms with van der Waals surface area (Å²) in [7, 11) is 1.32. The zero-order valence-corrected chi connectivity index (χ0v) is 19.2. The van der Waals surface area contributed by atoms with Gasteiger partial charge in [-0.05, 0) is 55.8 Å². The van der Waals surface area contributed by atoms with Gasteiger partial charge in [-0.1, -0.05) is 12.1 Å². The molecule has 0 fully saturated rings. The summed E-state index contributed by atoms with van der Waals surface area (Å²) in [6, 6.07) is 11.0. The summed E-state index contributed by atoms with van der Waals surface area (Å²) in [6.45, 7) is 2.97. The van der Waals surface area contributed by atoms with E-state index in [1.165, 1.54) is 74.8 Å². The SMILES string of the molecule is COc1ccnc(C(=O)N[C@@H](C)C(=O)O[C@@H](C)C(Oc2ccc(F)cc2)c2ccc(F)cc2)c1O. The largest absolute Gasteiger partial charge is 0.503 e. The molecule has 1 aromatic heterocycles. The minimum absolute atomic E-state index is 0.0501. The van der Waals surface area contributed by atoms with Gasteiger partial charge in [0.15, 0.2) is 23.3 Å². The van der Waals surface area contributed by atoms with Crippen molar-refractivity contribution in [2.45, 2.75) is 32.1 Å². The highest BCUT2D eigenvalue weighted by Crippen LogP contribution is 2.29. The predicted molar refractivity (Wildman–Crippen MR) is 121 cm³/mol. The number of rotatable bonds is 9. The van der Waals surface area contributed by atoms with Crippen LogP contribution in [0.2, 0.25) is 0 Å². The van der Waals surface area contributed by atoms with E-state index in [4.69, 9.17) is 14.2 Å². The first kappa shape index (κ1) is 25.4. The number of esters is 1. The van der Waals surface area contributed by atoms with Crippen LogP contribution in [0.3, 0.4) is 0 Å². The summed E-state index contributed by atoms with van der Waals surface area (Å²) in [5, 5.41) is 12.5. The van der Waals surface area contributed by atoms with Gasteiger partial charge >= 0.3 is 5.97 Å². The maximum Gasteiger partial charge on any atom is 0.328 e. The number of aromatic hydroxyl groups is 1. The highest BCUT2D eigenvalue weighted by molar-refractivity contribution is 5.97. The van der Waals surface area contributed by atoms with Crippen LogP contribution in [0.5, 0.6) is 17.2 Å². The molecular formula is C25H24F2N2O6. The Bertz CT molecular complexity index is 1170. The van der Waals surface area contributed by atoms with E-state index in [-0.39, 0.29) is 11.4 Å². The van der Waals surface area contributed by atoms with E-state index in [0.717, 1.165) is 0 Å². The van der Waals surface area contributed by atoms with Crippen LogP contribution in [-0.2, 0) is 9.53 Å². The minimum Gasteiger partial charge on any atom is -0.503 e. The number of carbonyl (C=O) groups is 2. The summed E-state index contributed by atoms with van der Waals surface area (Å²) < 4.78 is 43.1. The number of hydrogen-bond acceptors (Lipinski definition) is 7. The molecule has 1 heterocycles. The summed E-state index contributed by atoms with van der Waals surface area (Å²) >= 11 is 0. The molecule has 2 aromatic carbocycles. The molecule has 0 aliphatic heterocycles. The second-order valence-electron chi connectivity index (χ2n) is 7.59. The zero-order chi connectivity index (χ0) is 25.5. The third kappa shape index (κ3) is 6.44. The Labute approximate surface area is 200 Å². The Hall–Kier alpha value is -4.21. The van der Waals surface area contributed by atoms with Crippen LogP contribution in [0.1, 0.15) is 36.0 Å². The van der Waals surface area contributed by atoms with E-state index in [1.807, 2.05) is 0 Å². The Kier molecular flexibility index (Phi) is 8.19. The molecule has 184 valence electrons. The lowest BCUT2D eigenvalue weighted by Crippen LogP contribution is -2.42. The fourth-order valence-electron chi connectivity index (χ4n) is 3.19. The first-order chi connectivity index (χ1) is 16.7. The van der Waals surface area contributed by atoms with Gasteiger partial charge in [0.05, 0.1) is 7.11 Å². The molecule has 0 aliphatic rings. The number of aromatic nitrogens is 1. The second-order valence-corrected chi connectivity index (χ2v) is 7.59. The molecule has 0 saturated heterocycles. The van der Waals surface area contributed by atoms with E-state index in [1.54, 1.807) is 6.92 Å². The van der Waals surface area contributed by atoms with Crippen LogP contribution in [0, 0.1) is 11.6 Å². The van der Waals surface area contributed by atoms with Crippen LogP contribution >= 0.6 is 0 Å². The van der Waals surface area contributed by atoms with Crippen LogP contribution in [0.25, 0.3) is 0 Å². The molecule has 0 radical (unpaired) electrons. The fraction of sp³-hybridized carbons (Fsp3) is 0.240. The molecule has 3 atom stereocenters. The number of nitrogens with zero attached hydrogens (tertiary/aromatic N) is 1. The van der Waals surface area contributed by atoms with Gasteiger partial charge in [-0.3, -0.25) is 4.79 Å². The number of ether oxygens (including phenoxy) is 3. The molecule has 2 N–H and O–H groups in total. The number of amides is 1. The van der Waals surface area contributed by atoms with E-state index in [2.05, 4.69) is 10.3 Å². The number of pyridine rings is 1. The minimum atomic E-state index is -1.11. The van der Waals surface area contributed by atoms with Crippen LogP contribution < -0.4 is 14.8 Å². The first-order valence-corrected chi connectivity index (χ1v) is 10.6. The first-order valence-electron chi connectivity index (χ1n) is 10.6. The fourth-order valence-corrected chi connectivity index (χ4v) is 3.19. The van der Waals surface area contributed by atoms with E-state index >= 15 is 0 Å². The van der Waals surface area contributed by atoms with Crippen molar-refractivity contribution in [3.8, 4) is 17.2 Å². The third-order valence-corrected chi connectivity index (χ3v) is 5.03. The molecular weight excluding hydrogens is 462 g/mol. The van der Waals surface area contributed by atoms with Crippen LogP contribution in [0.4, 0.5) is 8.78 Å². The van der Waals surface area contributed by atoms with Gasteiger partial charge in [0.1, 0.15) is 29.5 Å². The molecule has 1 unspecified atom stereocenters. The lowest BCUT2D eigenvalue weighted by atomic mass is 10.0. The average Bonchev–Trinajstić information content (AvgIpc) is 2.84. The lowest BCUT2D eigenvalue weighted by Gasteiger charge is -2.27. The molecule has 3 rings (SSSR count). The number of benzene rings is 2. The van der Waals surface area contributed by atoms with Crippen LogP contribution in [0.15, 0.2) is 60.8 Å². The number of nitrogens with one attached hydrogen (secondary N) is 1. The Morgan fingerprint density at radius 2 is 1.57 bits per heavy atom. The van der Waals surface area contributed by atoms with E-state index in [9.17, 15) is 23.5 Å². The maximum absolute atomic E-state index is 13.4. The molecule has 3 aromatic rings. The summed E-state index contributed by atoms with van der Waals surface area (Å²) in [4.78, 5) is 29.0. The Balaban J connectivity index is 1.72. The molecule has 1 amide bonds. The molecule has 8 nitrogen and oxygen atoms in total. The monoisotopic (exact) mass is 486 g/mol. The topological polar surface area (TPSA) is 107 Å². The molecule has 0 saturated carbocycles. The standard InChI is InChI=1S/C25H24F2N2O6/c1-14(29-24(31)21-22(30)20(33-3)12-13-28-21)25(32)34-15(2)23(16-4-6-17(26)7-5-16)35-19-10-8-18(27)9-11-19/h4-15,23,30H,1-3H3,(H,29,31)/t14-,15-,23?/m0/s1. The van der Waals surface area contributed by atoms with Crippen molar-refractivity contribution in [3.05, 3.63) is 83.7 Å². The third-order valence-electron chi connectivity index (χ3n) is 5.03. The van der Waals surface area contributed by atoms with Crippen LogP contribution in [-0.4, -0.2) is 41.2 Å². The summed E-state index contributed by atoms with van der Waals surface area (Å²) in [5.41, 5.74) is 0.194. The molecule has 35 heavy (non-hydrogen) atoms. The molecule has 0 bridgehead atoms. The molecule has 10 heteroatoms. The van der Waals surface area contributed by atoms with Crippen molar-refractivity contribution in [3.63, 3.8) is 0 Å². The Morgan fingerprint density at radius 1 is 0.971 bits per heavy atom. The van der Waals surface area contributed by atoms with Gasteiger partial charge in [-0.2, -0.15) is 0 Å². The molecule has 0 spiro atoms.